The Hall–Kier alpha value is -5.14. The standard InChI is InChI=1S/C43H61N3O11/c1-40(2,3)54-34(47)26-45-31-21-17-16-20-29(31)23-25-32(35(45)48)46(39(52)57-43(10,11)12)33(24-22-28-18-14-13-15-19-28)37(50)53-27-30(36(49)55-41(4,5)6)44-38(51)56-42(7,8)9/h13-21,30,32-33H,22-27H2,1-12H3,(H,44,51)/t30-,32+,33?/m0/s1. The number of anilines is 1. The van der Waals surface area contributed by atoms with E-state index in [-0.39, 0.29) is 19.3 Å². The topological polar surface area (TPSA) is 167 Å². The summed E-state index contributed by atoms with van der Waals surface area (Å²) < 4.78 is 28.1. The van der Waals surface area contributed by atoms with Crippen LogP contribution < -0.4 is 10.2 Å². The van der Waals surface area contributed by atoms with Crippen LogP contribution in [-0.4, -0.2) is 94.6 Å². The predicted octanol–water partition coefficient (Wildman–Crippen LogP) is 6.69. The van der Waals surface area contributed by atoms with Crippen LogP contribution in [0.2, 0.25) is 0 Å². The van der Waals surface area contributed by atoms with Crippen LogP contribution in [0.4, 0.5) is 15.3 Å². The van der Waals surface area contributed by atoms with Gasteiger partial charge in [-0.25, -0.2) is 19.2 Å². The van der Waals surface area contributed by atoms with E-state index in [1.807, 2.05) is 42.5 Å². The average Bonchev–Trinajstić information content (AvgIpc) is 3.18. The molecule has 0 aromatic heterocycles. The molecule has 2 aromatic carbocycles. The number of amides is 3. The van der Waals surface area contributed by atoms with Crippen molar-refractivity contribution >= 4 is 41.7 Å². The highest BCUT2D eigenvalue weighted by Crippen LogP contribution is 2.32. The summed E-state index contributed by atoms with van der Waals surface area (Å²) >= 11 is 0. The zero-order valence-corrected chi connectivity index (χ0v) is 35.6. The molecule has 3 rings (SSSR count). The van der Waals surface area contributed by atoms with Crippen LogP contribution in [0.15, 0.2) is 54.6 Å². The van der Waals surface area contributed by atoms with Crippen molar-refractivity contribution in [2.75, 3.05) is 18.1 Å². The summed E-state index contributed by atoms with van der Waals surface area (Å²) in [5.74, 6) is -3.15. The number of rotatable bonds is 12. The minimum atomic E-state index is -1.49. The molecule has 0 spiro atoms. The molecule has 1 N–H and O–H groups in total. The van der Waals surface area contributed by atoms with Crippen LogP contribution in [0.1, 0.15) is 107 Å². The lowest BCUT2D eigenvalue weighted by molar-refractivity contribution is -0.163. The Morgan fingerprint density at radius 3 is 1.88 bits per heavy atom. The normalized spacial score (nSPS) is 15.9. The lowest BCUT2D eigenvalue weighted by Gasteiger charge is -2.38. The Balaban J connectivity index is 2.12. The van der Waals surface area contributed by atoms with E-state index in [0.29, 0.717) is 12.1 Å². The van der Waals surface area contributed by atoms with Crippen molar-refractivity contribution in [3.8, 4) is 0 Å². The van der Waals surface area contributed by atoms with Gasteiger partial charge in [0, 0.05) is 5.69 Å². The Labute approximate surface area is 336 Å². The highest BCUT2D eigenvalue weighted by molar-refractivity contribution is 6.03. The van der Waals surface area contributed by atoms with Gasteiger partial charge in [-0.05, 0) is 126 Å². The van der Waals surface area contributed by atoms with E-state index in [1.54, 1.807) is 95.2 Å². The molecule has 2 aromatic rings. The zero-order valence-electron chi connectivity index (χ0n) is 35.6. The molecular weight excluding hydrogens is 734 g/mol. The molecule has 1 aliphatic heterocycles. The van der Waals surface area contributed by atoms with E-state index in [9.17, 15) is 28.8 Å². The highest BCUT2D eigenvalue weighted by atomic mass is 16.6. The third kappa shape index (κ3) is 15.4. The van der Waals surface area contributed by atoms with Crippen molar-refractivity contribution in [3.63, 3.8) is 0 Å². The van der Waals surface area contributed by atoms with Gasteiger partial charge in [-0.3, -0.25) is 19.4 Å². The number of hydrogen-bond acceptors (Lipinski definition) is 11. The molecule has 0 fully saturated rings. The van der Waals surface area contributed by atoms with Gasteiger partial charge < -0.3 is 29.0 Å². The molecule has 1 aliphatic rings. The molecule has 0 saturated heterocycles. The molecule has 14 nitrogen and oxygen atoms in total. The number of alkyl carbamates (subject to hydrolysis) is 1. The van der Waals surface area contributed by atoms with E-state index in [2.05, 4.69) is 5.32 Å². The molecule has 0 radical (unpaired) electrons. The van der Waals surface area contributed by atoms with Crippen molar-refractivity contribution in [1.29, 1.82) is 0 Å². The van der Waals surface area contributed by atoms with Crippen LogP contribution >= 0.6 is 0 Å². The number of benzene rings is 2. The summed E-state index contributed by atoms with van der Waals surface area (Å²) in [6.45, 7) is 18.9. The lowest BCUT2D eigenvalue weighted by Crippen LogP contribution is -2.59. The smallest absolute Gasteiger partial charge is 0.411 e. The van der Waals surface area contributed by atoms with Gasteiger partial charge in [0.2, 0.25) is 0 Å². The maximum Gasteiger partial charge on any atom is 0.411 e. The fourth-order valence-corrected chi connectivity index (χ4v) is 5.98. The second-order valence-electron chi connectivity index (χ2n) is 18.0. The second-order valence-corrected chi connectivity index (χ2v) is 18.0. The van der Waals surface area contributed by atoms with E-state index < -0.39 is 89.7 Å². The minimum Gasteiger partial charge on any atom is -0.461 e. The largest absolute Gasteiger partial charge is 0.461 e. The van der Waals surface area contributed by atoms with Crippen molar-refractivity contribution in [2.45, 2.75) is 149 Å². The zero-order chi connectivity index (χ0) is 42.9. The summed E-state index contributed by atoms with van der Waals surface area (Å²) in [7, 11) is 0. The van der Waals surface area contributed by atoms with Crippen LogP contribution in [0.3, 0.4) is 0 Å². The van der Waals surface area contributed by atoms with Gasteiger partial charge in [0.1, 0.15) is 47.6 Å². The predicted molar refractivity (Wildman–Crippen MR) is 213 cm³/mol. The minimum absolute atomic E-state index is 0.0263. The van der Waals surface area contributed by atoms with E-state index in [0.717, 1.165) is 16.0 Å². The summed E-state index contributed by atoms with van der Waals surface area (Å²) in [6.07, 6.45) is -1.29. The van der Waals surface area contributed by atoms with Crippen molar-refractivity contribution in [3.05, 3.63) is 65.7 Å². The number of para-hydroxylation sites is 1. The van der Waals surface area contributed by atoms with Gasteiger partial charge in [-0.1, -0.05) is 48.5 Å². The van der Waals surface area contributed by atoms with E-state index >= 15 is 0 Å². The molecular formula is C43H61N3O11. The molecule has 1 unspecified atom stereocenters. The van der Waals surface area contributed by atoms with Crippen LogP contribution in [0.25, 0.3) is 0 Å². The number of nitrogens with one attached hydrogen (secondary N) is 1. The Bertz CT molecular complexity index is 1730. The highest BCUT2D eigenvalue weighted by Gasteiger charge is 2.45. The molecule has 314 valence electrons. The number of esters is 3. The first-order chi connectivity index (χ1) is 26.2. The third-order valence-electron chi connectivity index (χ3n) is 8.10. The number of aryl methyl sites for hydroxylation is 2. The first-order valence-electron chi connectivity index (χ1n) is 19.3. The Morgan fingerprint density at radius 2 is 1.30 bits per heavy atom. The number of fused-ring (bicyclic) bond motifs is 1. The first-order valence-corrected chi connectivity index (χ1v) is 19.3. The molecule has 14 heteroatoms. The Morgan fingerprint density at radius 1 is 0.737 bits per heavy atom. The summed E-state index contributed by atoms with van der Waals surface area (Å²) in [5, 5.41) is 2.44. The summed E-state index contributed by atoms with van der Waals surface area (Å²) in [6, 6.07) is 12.1. The molecule has 1 heterocycles. The fraction of sp³-hybridized carbons (Fsp3) is 0.581. The van der Waals surface area contributed by atoms with Gasteiger partial charge in [-0.15, -0.1) is 0 Å². The van der Waals surface area contributed by atoms with E-state index in [1.165, 1.54) is 4.90 Å². The molecule has 3 atom stereocenters. The summed E-state index contributed by atoms with van der Waals surface area (Å²) in [5.41, 5.74) is -1.69. The molecule has 0 saturated carbocycles. The SMILES string of the molecule is CC(C)(C)OC(=O)CN1C(=O)[C@H](N(C(=O)OC(C)(C)C)C(CCc2ccccc2)C(=O)OC[C@H](NC(=O)OC(C)(C)C)C(=O)OC(C)(C)C)CCc2ccccc21. The second kappa shape index (κ2) is 18.9. The van der Waals surface area contributed by atoms with Crippen molar-refractivity contribution < 1.29 is 52.5 Å². The number of nitrogens with zero attached hydrogens (tertiary/aromatic N) is 2. The number of carbonyl (C=O) groups is 6. The molecule has 0 aliphatic carbocycles. The quantitative estimate of drug-likeness (QED) is 0.180. The number of hydrogen-bond donors (Lipinski definition) is 1. The number of carbonyl (C=O) groups excluding carboxylic acids is 6. The third-order valence-corrected chi connectivity index (χ3v) is 8.10. The monoisotopic (exact) mass is 795 g/mol. The maximum absolute atomic E-state index is 14.8. The van der Waals surface area contributed by atoms with Gasteiger partial charge >= 0.3 is 30.1 Å². The van der Waals surface area contributed by atoms with Crippen LogP contribution in [-0.2, 0) is 55.7 Å². The van der Waals surface area contributed by atoms with Crippen LogP contribution in [0, 0.1) is 0 Å². The number of ether oxygens (including phenoxy) is 5. The van der Waals surface area contributed by atoms with Gasteiger partial charge in [0.15, 0.2) is 6.04 Å². The first kappa shape index (κ1) is 46.2. The Kier molecular flexibility index (Phi) is 15.3. The molecule has 3 amide bonds. The summed E-state index contributed by atoms with van der Waals surface area (Å²) in [4.78, 5) is 85.6. The van der Waals surface area contributed by atoms with Gasteiger partial charge in [-0.2, -0.15) is 0 Å². The van der Waals surface area contributed by atoms with Gasteiger partial charge in [0.25, 0.3) is 5.91 Å². The fourth-order valence-electron chi connectivity index (χ4n) is 5.98. The van der Waals surface area contributed by atoms with Crippen molar-refractivity contribution in [2.24, 2.45) is 0 Å². The van der Waals surface area contributed by atoms with Crippen LogP contribution in [0.5, 0.6) is 0 Å². The van der Waals surface area contributed by atoms with Gasteiger partial charge in [0.05, 0.1) is 0 Å². The van der Waals surface area contributed by atoms with E-state index in [4.69, 9.17) is 23.7 Å². The van der Waals surface area contributed by atoms with Crippen molar-refractivity contribution in [1.82, 2.24) is 10.2 Å². The molecule has 57 heavy (non-hydrogen) atoms. The average molecular weight is 796 g/mol. The maximum atomic E-state index is 14.8. The molecule has 0 bridgehead atoms. The lowest BCUT2D eigenvalue weighted by atomic mass is 10.00.